The van der Waals surface area contributed by atoms with E-state index < -0.39 is 0 Å². The lowest BCUT2D eigenvalue weighted by Crippen LogP contribution is -2.26. The first-order chi connectivity index (χ1) is 7.10. The van der Waals surface area contributed by atoms with Crippen molar-refractivity contribution in [1.29, 1.82) is 0 Å². The number of alkyl halides is 1. The Labute approximate surface area is 101 Å². The summed E-state index contributed by atoms with van der Waals surface area (Å²) in [5.41, 5.74) is 0. The second-order valence-electron chi connectivity index (χ2n) is 3.86. The van der Waals surface area contributed by atoms with Crippen LogP contribution in [0.1, 0.15) is 46.5 Å². The van der Waals surface area contributed by atoms with Gasteiger partial charge in [0, 0.05) is 18.2 Å². The van der Waals surface area contributed by atoms with Crippen LogP contribution in [0.25, 0.3) is 0 Å². The van der Waals surface area contributed by atoms with Crippen LogP contribution < -0.4 is 0 Å². The lowest BCUT2D eigenvalue weighted by molar-refractivity contribution is -0.133. The summed E-state index contributed by atoms with van der Waals surface area (Å²) in [7, 11) is 0. The van der Waals surface area contributed by atoms with E-state index in [0.717, 1.165) is 11.8 Å². The standard InChI is InChI=1S/C12H21BrO2/c1-4-9(8-13)7-10(11(14)5-2)12(15)6-3/h9-10H,4-8H2,1-3H3. The molecular weight excluding hydrogens is 256 g/mol. The molecule has 0 aliphatic heterocycles. The zero-order valence-electron chi connectivity index (χ0n) is 9.88. The zero-order valence-corrected chi connectivity index (χ0v) is 11.5. The molecule has 0 aliphatic rings. The molecule has 0 heterocycles. The molecule has 0 saturated carbocycles. The van der Waals surface area contributed by atoms with Gasteiger partial charge in [0.25, 0.3) is 0 Å². The van der Waals surface area contributed by atoms with Crippen molar-refractivity contribution in [3.8, 4) is 0 Å². The Balaban J connectivity index is 4.49. The van der Waals surface area contributed by atoms with Crippen LogP contribution in [0.5, 0.6) is 0 Å². The Bertz CT molecular complexity index is 194. The van der Waals surface area contributed by atoms with Crippen molar-refractivity contribution in [2.75, 3.05) is 5.33 Å². The average Bonchev–Trinajstić information content (AvgIpc) is 2.29. The summed E-state index contributed by atoms with van der Waals surface area (Å²) in [6, 6.07) is 0. The van der Waals surface area contributed by atoms with Crippen LogP contribution in [0.15, 0.2) is 0 Å². The summed E-state index contributed by atoms with van der Waals surface area (Å²) >= 11 is 3.42. The van der Waals surface area contributed by atoms with E-state index in [4.69, 9.17) is 0 Å². The molecule has 0 rings (SSSR count). The van der Waals surface area contributed by atoms with E-state index >= 15 is 0 Å². The summed E-state index contributed by atoms with van der Waals surface area (Å²) < 4.78 is 0. The molecule has 0 N–H and O–H groups in total. The van der Waals surface area contributed by atoms with Gasteiger partial charge in [-0.3, -0.25) is 9.59 Å². The minimum atomic E-state index is -0.359. The molecule has 1 unspecified atom stereocenters. The third kappa shape index (κ3) is 4.92. The number of hydrogen-bond donors (Lipinski definition) is 0. The quantitative estimate of drug-likeness (QED) is 0.503. The molecule has 0 amide bonds. The lowest BCUT2D eigenvalue weighted by atomic mass is 9.86. The molecule has 0 aromatic rings. The molecule has 1 atom stereocenters. The Morgan fingerprint density at radius 3 is 1.80 bits per heavy atom. The van der Waals surface area contributed by atoms with Gasteiger partial charge in [-0.15, -0.1) is 0 Å². The molecule has 88 valence electrons. The van der Waals surface area contributed by atoms with Gasteiger partial charge in [0.05, 0.1) is 5.92 Å². The van der Waals surface area contributed by atoms with Gasteiger partial charge in [-0.25, -0.2) is 0 Å². The van der Waals surface area contributed by atoms with Crippen molar-refractivity contribution in [2.45, 2.75) is 46.5 Å². The number of halogens is 1. The summed E-state index contributed by atoms with van der Waals surface area (Å²) in [5.74, 6) is 0.269. The fraction of sp³-hybridized carbons (Fsp3) is 0.833. The average molecular weight is 277 g/mol. The molecule has 0 aromatic heterocycles. The van der Waals surface area contributed by atoms with Crippen LogP contribution in [0, 0.1) is 11.8 Å². The van der Waals surface area contributed by atoms with Gasteiger partial charge in [0.2, 0.25) is 0 Å². The molecular formula is C12H21BrO2. The van der Waals surface area contributed by atoms with Crippen molar-refractivity contribution < 1.29 is 9.59 Å². The highest BCUT2D eigenvalue weighted by molar-refractivity contribution is 9.09. The summed E-state index contributed by atoms with van der Waals surface area (Å²) in [6.07, 6.45) is 2.65. The van der Waals surface area contributed by atoms with Gasteiger partial charge in [0.15, 0.2) is 0 Å². The summed E-state index contributed by atoms with van der Waals surface area (Å²) in [6.45, 7) is 5.75. The lowest BCUT2D eigenvalue weighted by Gasteiger charge is -2.18. The second-order valence-corrected chi connectivity index (χ2v) is 4.50. The minimum Gasteiger partial charge on any atom is -0.299 e. The fourth-order valence-corrected chi connectivity index (χ4v) is 2.33. The first-order valence-corrected chi connectivity index (χ1v) is 6.84. The van der Waals surface area contributed by atoms with E-state index in [1.54, 1.807) is 0 Å². The van der Waals surface area contributed by atoms with Crippen LogP contribution in [-0.2, 0) is 9.59 Å². The van der Waals surface area contributed by atoms with E-state index in [9.17, 15) is 9.59 Å². The number of carbonyl (C=O) groups is 2. The first-order valence-electron chi connectivity index (χ1n) is 5.71. The molecule has 15 heavy (non-hydrogen) atoms. The fourth-order valence-electron chi connectivity index (χ4n) is 1.61. The maximum atomic E-state index is 11.6. The highest BCUT2D eigenvalue weighted by atomic mass is 79.9. The SMILES string of the molecule is CCC(=O)C(CC(CC)CBr)C(=O)CC. The van der Waals surface area contributed by atoms with Crippen LogP contribution in [0.2, 0.25) is 0 Å². The molecule has 0 saturated heterocycles. The van der Waals surface area contributed by atoms with Gasteiger partial charge in [0.1, 0.15) is 11.6 Å². The van der Waals surface area contributed by atoms with E-state index in [-0.39, 0.29) is 17.5 Å². The minimum absolute atomic E-state index is 0.0984. The van der Waals surface area contributed by atoms with Crippen molar-refractivity contribution in [1.82, 2.24) is 0 Å². The molecule has 0 bridgehead atoms. The number of ketones is 2. The first kappa shape index (κ1) is 14.8. The van der Waals surface area contributed by atoms with Crippen LogP contribution in [0.3, 0.4) is 0 Å². The zero-order chi connectivity index (χ0) is 11.8. The number of rotatable bonds is 8. The Morgan fingerprint density at radius 2 is 1.53 bits per heavy atom. The Morgan fingerprint density at radius 1 is 1.07 bits per heavy atom. The molecule has 2 nitrogen and oxygen atoms in total. The van der Waals surface area contributed by atoms with Gasteiger partial charge in [-0.05, 0) is 12.3 Å². The smallest absolute Gasteiger partial charge is 0.143 e. The predicted octanol–water partition coefficient (Wildman–Crippen LogP) is 3.37. The van der Waals surface area contributed by atoms with Gasteiger partial charge < -0.3 is 0 Å². The molecule has 0 fully saturated rings. The Kier molecular flexibility index (Phi) is 7.93. The third-order valence-electron chi connectivity index (χ3n) is 2.84. The molecule has 0 radical (unpaired) electrons. The maximum Gasteiger partial charge on any atom is 0.143 e. The van der Waals surface area contributed by atoms with E-state index in [1.165, 1.54) is 0 Å². The number of Topliss-reactive ketones (excluding diaryl/α,β-unsaturated/α-hetero) is 2. The van der Waals surface area contributed by atoms with Crippen LogP contribution in [0.4, 0.5) is 0 Å². The normalized spacial score (nSPS) is 12.9. The van der Waals surface area contributed by atoms with Crippen LogP contribution >= 0.6 is 15.9 Å². The van der Waals surface area contributed by atoms with E-state index in [1.807, 2.05) is 13.8 Å². The van der Waals surface area contributed by atoms with Gasteiger partial charge in [-0.2, -0.15) is 0 Å². The maximum absolute atomic E-state index is 11.6. The summed E-state index contributed by atoms with van der Waals surface area (Å²) in [5, 5.41) is 0.869. The van der Waals surface area contributed by atoms with Crippen molar-refractivity contribution in [3.63, 3.8) is 0 Å². The van der Waals surface area contributed by atoms with Crippen molar-refractivity contribution >= 4 is 27.5 Å². The number of hydrogen-bond acceptors (Lipinski definition) is 2. The Hall–Kier alpha value is -0.180. The summed E-state index contributed by atoms with van der Waals surface area (Å²) in [4.78, 5) is 23.3. The monoisotopic (exact) mass is 276 g/mol. The van der Waals surface area contributed by atoms with E-state index in [2.05, 4.69) is 22.9 Å². The predicted molar refractivity (Wildman–Crippen MR) is 66.3 cm³/mol. The topological polar surface area (TPSA) is 34.1 Å². The van der Waals surface area contributed by atoms with Gasteiger partial charge in [-0.1, -0.05) is 43.1 Å². The molecule has 0 aliphatic carbocycles. The molecule has 0 aromatic carbocycles. The van der Waals surface area contributed by atoms with Crippen molar-refractivity contribution in [2.24, 2.45) is 11.8 Å². The number of carbonyl (C=O) groups excluding carboxylic acids is 2. The highest BCUT2D eigenvalue weighted by Gasteiger charge is 2.25. The van der Waals surface area contributed by atoms with Crippen molar-refractivity contribution in [3.05, 3.63) is 0 Å². The highest BCUT2D eigenvalue weighted by Crippen LogP contribution is 2.21. The van der Waals surface area contributed by atoms with Crippen LogP contribution in [-0.4, -0.2) is 16.9 Å². The van der Waals surface area contributed by atoms with E-state index in [0.29, 0.717) is 25.2 Å². The molecule has 3 heteroatoms. The third-order valence-corrected chi connectivity index (χ3v) is 3.75. The van der Waals surface area contributed by atoms with Gasteiger partial charge >= 0.3 is 0 Å². The largest absolute Gasteiger partial charge is 0.299 e. The molecule has 0 spiro atoms. The second kappa shape index (κ2) is 8.03.